The number of hydrogen-bond donors (Lipinski definition) is 0. The minimum absolute atomic E-state index is 0.105. The minimum atomic E-state index is -0.720. The molecule has 0 radical (unpaired) electrons. The maximum absolute atomic E-state index is 13.6. The summed E-state index contributed by atoms with van der Waals surface area (Å²) < 4.78 is 23.4. The molecule has 8 heteroatoms. The van der Waals surface area contributed by atoms with Crippen LogP contribution in [0.5, 0.6) is 11.5 Å². The molecule has 2 atom stereocenters. The molecule has 38 heavy (non-hydrogen) atoms. The monoisotopic (exact) mass is 520 g/mol. The molecule has 0 N–H and O–H groups in total. The van der Waals surface area contributed by atoms with Crippen molar-refractivity contribution in [2.75, 3.05) is 13.7 Å². The number of amides is 2. The van der Waals surface area contributed by atoms with Gasteiger partial charge in [-0.3, -0.25) is 4.79 Å². The molecule has 202 valence electrons. The van der Waals surface area contributed by atoms with E-state index in [4.69, 9.17) is 18.6 Å². The predicted molar refractivity (Wildman–Crippen MR) is 142 cm³/mol. The maximum atomic E-state index is 13.6. The topological polar surface area (TPSA) is 91.1 Å². The standard InChI is InChI=1S/C30H36N2O6/c1-30(2,3)38-29(34)32-18-21(19-13-14-25(35-4)26(16-19)36-22-9-5-6-10-22)15-20(28(32)33)17-27-31-23-11-7-8-12-24(23)37-27/h7-8,11-14,16,20-22H,5-6,9-10,15,17-18H2,1-4H3/t20?,21-/m1/s1. The van der Waals surface area contributed by atoms with Gasteiger partial charge in [0.05, 0.1) is 13.2 Å². The molecule has 2 fully saturated rings. The fourth-order valence-corrected chi connectivity index (χ4v) is 5.39. The average Bonchev–Trinajstić information content (AvgIpc) is 3.53. The van der Waals surface area contributed by atoms with Gasteiger partial charge in [-0.1, -0.05) is 18.2 Å². The zero-order valence-corrected chi connectivity index (χ0v) is 22.6. The number of hydrogen-bond acceptors (Lipinski definition) is 7. The number of oxazole rings is 1. The molecule has 2 aromatic carbocycles. The summed E-state index contributed by atoms with van der Waals surface area (Å²) in [7, 11) is 1.64. The van der Waals surface area contributed by atoms with Crippen LogP contribution >= 0.6 is 0 Å². The van der Waals surface area contributed by atoms with Crippen molar-refractivity contribution in [3.8, 4) is 11.5 Å². The third-order valence-electron chi connectivity index (χ3n) is 7.22. The van der Waals surface area contributed by atoms with E-state index in [-0.39, 0.29) is 24.5 Å². The zero-order valence-electron chi connectivity index (χ0n) is 22.6. The van der Waals surface area contributed by atoms with Gasteiger partial charge in [0.1, 0.15) is 11.1 Å². The maximum Gasteiger partial charge on any atom is 0.417 e. The number of likely N-dealkylation sites (tertiary alicyclic amines) is 1. The second-order valence-corrected chi connectivity index (χ2v) is 11.3. The van der Waals surface area contributed by atoms with Crippen LogP contribution in [-0.2, 0) is 16.0 Å². The van der Waals surface area contributed by atoms with E-state index in [0.29, 0.717) is 35.8 Å². The summed E-state index contributed by atoms with van der Waals surface area (Å²) in [5.41, 5.74) is 1.69. The van der Waals surface area contributed by atoms with Crippen molar-refractivity contribution in [2.45, 2.75) is 76.9 Å². The van der Waals surface area contributed by atoms with E-state index < -0.39 is 17.6 Å². The largest absolute Gasteiger partial charge is 0.493 e. The van der Waals surface area contributed by atoms with E-state index in [1.807, 2.05) is 42.5 Å². The van der Waals surface area contributed by atoms with Crippen LogP contribution in [0.3, 0.4) is 0 Å². The average molecular weight is 521 g/mol. The van der Waals surface area contributed by atoms with E-state index in [1.165, 1.54) is 17.7 Å². The molecule has 1 saturated carbocycles. The Balaban J connectivity index is 1.44. The van der Waals surface area contributed by atoms with Gasteiger partial charge in [-0.25, -0.2) is 14.7 Å². The van der Waals surface area contributed by atoms with Gasteiger partial charge in [0.25, 0.3) is 0 Å². The third-order valence-corrected chi connectivity index (χ3v) is 7.22. The van der Waals surface area contributed by atoms with Crippen molar-refractivity contribution >= 4 is 23.1 Å². The van der Waals surface area contributed by atoms with Gasteiger partial charge in [0, 0.05) is 24.8 Å². The Labute approximate surface area is 223 Å². The minimum Gasteiger partial charge on any atom is -0.493 e. The number of rotatable bonds is 6. The number of methoxy groups -OCH3 is 1. The highest BCUT2D eigenvalue weighted by molar-refractivity contribution is 5.94. The second kappa shape index (κ2) is 10.7. The summed E-state index contributed by atoms with van der Waals surface area (Å²) in [6.07, 6.45) is 4.79. The number of carbonyl (C=O) groups excluding carboxylic acids is 2. The van der Waals surface area contributed by atoms with Gasteiger partial charge in [-0.05, 0) is 82.7 Å². The molecular weight excluding hydrogens is 484 g/mol. The van der Waals surface area contributed by atoms with Crippen LogP contribution in [0.2, 0.25) is 0 Å². The molecule has 1 unspecified atom stereocenters. The smallest absolute Gasteiger partial charge is 0.417 e. The Morgan fingerprint density at radius 2 is 1.87 bits per heavy atom. The van der Waals surface area contributed by atoms with Gasteiger partial charge < -0.3 is 18.6 Å². The normalized spacial score (nSPS) is 20.6. The lowest BCUT2D eigenvalue weighted by Gasteiger charge is -2.37. The Morgan fingerprint density at radius 3 is 2.58 bits per heavy atom. The lowest BCUT2D eigenvalue weighted by Crippen LogP contribution is -2.50. The number of benzene rings is 2. The summed E-state index contributed by atoms with van der Waals surface area (Å²) in [5, 5.41) is 0. The lowest BCUT2D eigenvalue weighted by atomic mass is 9.82. The van der Waals surface area contributed by atoms with Crippen molar-refractivity contribution in [3.05, 3.63) is 53.9 Å². The molecule has 8 nitrogen and oxygen atoms in total. The number of imide groups is 1. The predicted octanol–water partition coefficient (Wildman–Crippen LogP) is 6.27. The summed E-state index contributed by atoms with van der Waals surface area (Å²) >= 11 is 0. The van der Waals surface area contributed by atoms with E-state index in [2.05, 4.69) is 4.98 Å². The number of piperidine rings is 1. The summed E-state index contributed by atoms with van der Waals surface area (Å²) in [5.74, 6) is 0.998. The fraction of sp³-hybridized carbons (Fsp3) is 0.500. The number of fused-ring (bicyclic) bond motifs is 1. The first-order valence-electron chi connectivity index (χ1n) is 13.4. The second-order valence-electron chi connectivity index (χ2n) is 11.3. The lowest BCUT2D eigenvalue weighted by molar-refractivity contribution is -0.138. The zero-order chi connectivity index (χ0) is 26.9. The van der Waals surface area contributed by atoms with Gasteiger partial charge in [-0.2, -0.15) is 0 Å². The Hall–Kier alpha value is -3.55. The molecule has 2 aliphatic rings. The van der Waals surface area contributed by atoms with Crippen molar-refractivity contribution < 1.29 is 28.2 Å². The van der Waals surface area contributed by atoms with Gasteiger partial charge in [0.15, 0.2) is 23.0 Å². The van der Waals surface area contributed by atoms with Crippen LogP contribution in [0, 0.1) is 5.92 Å². The molecule has 0 bridgehead atoms. The number of carbonyl (C=O) groups is 2. The van der Waals surface area contributed by atoms with E-state index >= 15 is 0 Å². The molecule has 1 aromatic heterocycles. The van der Waals surface area contributed by atoms with Gasteiger partial charge >= 0.3 is 6.09 Å². The third kappa shape index (κ3) is 5.79. The first-order chi connectivity index (χ1) is 18.2. The highest BCUT2D eigenvalue weighted by atomic mass is 16.6. The molecule has 3 aromatic rings. The van der Waals surface area contributed by atoms with Crippen LogP contribution in [0.1, 0.15) is 70.2 Å². The number of ether oxygens (including phenoxy) is 3. The number of aromatic nitrogens is 1. The fourth-order valence-electron chi connectivity index (χ4n) is 5.39. The number of nitrogens with zero attached hydrogens (tertiary/aromatic N) is 2. The van der Waals surface area contributed by atoms with Gasteiger partial charge in [0.2, 0.25) is 5.91 Å². The first-order valence-corrected chi connectivity index (χ1v) is 13.4. The Bertz CT molecular complexity index is 1270. The molecule has 1 aliphatic carbocycles. The molecule has 1 aliphatic heterocycles. The van der Waals surface area contributed by atoms with Crippen LogP contribution in [0.4, 0.5) is 4.79 Å². The Kier molecular flexibility index (Phi) is 7.32. The van der Waals surface area contributed by atoms with Crippen LogP contribution in [0.15, 0.2) is 46.9 Å². The first kappa shape index (κ1) is 26.1. The highest BCUT2D eigenvalue weighted by Gasteiger charge is 2.41. The molecule has 2 amide bonds. The quantitative estimate of drug-likeness (QED) is 0.378. The van der Waals surface area contributed by atoms with Crippen molar-refractivity contribution in [1.29, 1.82) is 0 Å². The van der Waals surface area contributed by atoms with Crippen LogP contribution in [-0.4, -0.2) is 47.2 Å². The molecular formula is C30H36N2O6. The van der Waals surface area contributed by atoms with Crippen molar-refractivity contribution in [2.24, 2.45) is 5.92 Å². The highest BCUT2D eigenvalue weighted by Crippen LogP contribution is 2.39. The van der Waals surface area contributed by atoms with Crippen molar-refractivity contribution in [3.63, 3.8) is 0 Å². The Morgan fingerprint density at radius 1 is 1.11 bits per heavy atom. The van der Waals surface area contributed by atoms with Crippen LogP contribution in [0.25, 0.3) is 11.1 Å². The molecule has 0 spiro atoms. The molecule has 2 heterocycles. The summed E-state index contributed by atoms with van der Waals surface area (Å²) in [6, 6.07) is 13.4. The summed E-state index contributed by atoms with van der Waals surface area (Å²) in [4.78, 5) is 32.5. The molecule has 1 saturated heterocycles. The van der Waals surface area contributed by atoms with E-state index in [1.54, 1.807) is 27.9 Å². The van der Waals surface area contributed by atoms with Crippen molar-refractivity contribution in [1.82, 2.24) is 9.88 Å². The SMILES string of the molecule is COc1ccc([C@@H]2CC(Cc3nc4ccccc4o3)C(=O)N(C(=O)OC(C)(C)C)C2)cc1OC1CCCC1. The molecule has 5 rings (SSSR count). The van der Waals surface area contributed by atoms with E-state index in [0.717, 1.165) is 23.9 Å². The summed E-state index contributed by atoms with van der Waals surface area (Å²) in [6.45, 7) is 5.61. The number of para-hydroxylation sites is 2. The van der Waals surface area contributed by atoms with Gasteiger partial charge in [-0.15, -0.1) is 0 Å². The van der Waals surface area contributed by atoms with Crippen LogP contribution < -0.4 is 9.47 Å². The van der Waals surface area contributed by atoms with E-state index in [9.17, 15) is 9.59 Å².